The average molecular weight is 215 g/mol. The second-order valence-electron chi connectivity index (χ2n) is 2.92. The fourth-order valence-electron chi connectivity index (χ4n) is 1.17. The van der Waals surface area contributed by atoms with Crippen molar-refractivity contribution in [2.75, 3.05) is 0 Å². The molecule has 6 nitrogen and oxygen atoms in total. The van der Waals surface area contributed by atoms with Crippen molar-refractivity contribution in [2.24, 2.45) is 0 Å². The average Bonchev–Trinajstić information content (AvgIpc) is 2.78. The van der Waals surface area contributed by atoms with E-state index < -0.39 is 5.97 Å². The van der Waals surface area contributed by atoms with Crippen LogP contribution in [0, 0.1) is 11.3 Å². The van der Waals surface area contributed by atoms with Gasteiger partial charge in [0.25, 0.3) is 0 Å². The first-order valence-electron chi connectivity index (χ1n) is 4.27. The first kappa shape index (κ1) is 9.86. The van der Waals surface area contributed by atoms with E-state index in [2.05, 4.69) is 10.1 Å². The monoisotopic (exact) mass is 215 g/mol. The van der Waals surface area contributed by atoms with Crippen molar-refractivity contribution in [2.45, 2.75) is 0 Å². The lowest BCUT2D eigenvalue weighted by molar-refractivity contribution is 0.0697. The van der Waals surface area contributed by atoms with Crippen LogP contribution in [-0.2, 0) is 0 Å². The summed E-state index contributed by atoms with van der Waals surface area (Å²) in [6, 6.07) is 4.94. The van der Waals surface area contributed by atoms with Gasteiger partial charge in [-0.2, -0.15) is 5.26 Å². The van der Waals surface area contributed by atoms with E-state index in [0.29, 0.717) is 11.3 Å². The van der Waals surface area contributed by atoms with Crippen molar-refractivity contribution in [1.82, 2.24) is 10.1 Å². The summed E-state index contributed by atoms with van der Waals surface area (Å²) in [5, 5.41) is 20.8. The number of nitrogens with zero attached hydrogens (tertiary/aromatic N) is 3. The lowest BCUT2D eigenvalue weighted by Gasteiger charge is -1.96. The minimum Gasteiger partial charge on any atom is -0.477 e. The van der Waals surface area contributed by atoms with Gasteiger partial charge in [0, 0.05) is 6.20 Å². The minimum absolute atomic E-state index is 0.0581. The molecule has 0 unspecified atom stereocenters. The van der Waals surface area contributed by atoms with Gasteiger partial charge in [-0.05, 0) is 12.1 Å². The summed E-state index contributed by atoms with van der Waals surface area (Å²) in [6.07, 6.45) is 2.45. The molecule has 1 N–H and O–H groups in total. The molecule has 0 aliphatic carbocycles. The van der Waals surface area contributed by atoms with E-state index >= 15 is 0 Å². The minimum atomic E-state index is -1.14. The Morgan fingerprint density at radius 3 is 2.81 bits per heavy atom. The molecule has 2 rings (SSSR count). The molecule has 16 heavy (non-hydrogen) atoms. The van der Waals surface area contributed by atoms with Crippen LogP contribution in [0.1, 0.15) is 15.9 Å². The van der Waals surface area contributed by atoms with E-state index in [1.54, 1.807) is 0 Å². The lowest BCUT2D eigenvalue weighted by atomic mass is 10.2. The number of hydrogen-bond acceptors (Lipinski definition) is 5. The molecule has 6 heteroatoms. The predicted octanol–water partition coefficient (Wildman–Crippen LogP) is 1.31. The topological polar surface area (TPSA) is 100 Å². The normalized spacial score (nSPS) is 9.69. The molecular formula is C10H5N3O3. The molecule has 2 aromatic rings. The second kappa shape index (κ2) is 3.82. The molecule has 0 radical (unpaired) electrons. The van der Waals surface area contributed by atoms with Gasteiger partial charge in [-0.25, -0.2) is 4.79 Å². The third-order valence-electron chi connectivity index (χ3n) is 1.93. The number of hydrogen-bond donors (Lipinski definition) is 1. The van der Waals surface area contributed by atoms with Gasteiger partial charge in [-0.1, -0.05) is 5.16 Å². The summed E-state index contributed by atoms with van der Waals surface area (Å²) in [5.74, 6) is -1.06. The van der Waals surface area contributed by atoms with Gasteiger partial charge in [-0.15, -0.1) is 0 Å². The van der Waals surface area contributed by atoms with Crippen LogP contribution in [0.25, 0.3) is 11.5 Å². The molecule has 0 saturated heterocycles. The summed E-state index contributed by atoms with van der Waals surface area (Å²) in [7, 11) is 0. The fourth-order valence-corrected chi connectivity index (χ4v) is 1.17. The predicted molar refractivity (Wildman–Crippen MR) is 51.4 cm³/mol. The molecule has 0 saturated carbocycles. The number of carbonyl (C=O) groups is 1. The van der Waals surface area contributed by atoms with E-state index in [0.717, 1.165) is 6.20 Å². The Labute approximate surface area is 89.8 Å². The van der Waals surface area contributed by atoms with E-state index in [1.165, 1.54) is 18.3 Å². The Bertz CT molecular complexity index is 566. The van der Waals surface area contributed by atoms with Crippen molar-refractivity contribution in [3.05, 3.63) is 35.7 Å². The van der Waals surface area contributed by atoms with Crippen LogP contribution in [0.5, 0.6) is 0 Å². The van der Waals surface area contributed by atoms with Crippen molar-refractivity contribution < 1.29 is 14.4 Å². The Morgan fingerprint density at radius 2 is 2.25 bits per heavy atom. The van der Waals surface area contributed by atoms with Gasteiger partial charge in [0.1, 0.15) is 17.3 Å². The molecule has 0 aliphatic rings. The highest BCUT2D eigenvalue weighted by Crippen LogP contribution is 2.21. The summed E-state index contributed by atoms with van der Waals surface area (Å²) >= 11 is 0. The summed E-state index contributed by atoms with van der Waals surface area (Å²) < 4.78 is 4.81. The molecule has 0 aliphatic heterocycles. The van der Waals surface area contributed by atoms with Gasteiger partial charge < -0.3 is 9.63 Å². The molecule has 0 fully saturated rings. The van der Waals surface area contributed by atoms with Crippen LogP contribution in [0.3, 0.4) is 0 Å². The number of rotatable bonds is 2. The van der Waals surface area contributed by atoms with Crippen molar-refractivity contribution in [1.29, 1.82) is 5.26 Å². The fraction of sp³-hybridized carbons (Fsp3) is 0. The smallest absolute Gasteiger partial charge is 0.341 e. The van der Waals surface area contributed by atoms with E-state index in [-0.39, 0.29) is 11.3 Å². The van der Waals surface area contributed by atoms with Crippen molar-refractivity contribution in [3.63, 3.8) is 0 Å². The molecule has 2 heterocycles. The maximum absolute atomic E-state index is 10.8. The van der Waals surface area contributed by atoms with Gasteiger partial charge >= 0.3 is 5.97 Å². The Kier molecular flexibility index (Phi) is 2.36. The van der Waals surface area contributed by atoms with Crippen LogP contribution < -0.4 is 0 Å². The standard InChI is InChI=1S/C10H5N3O3/c11-3-6-1-2-8(12-4-6)9-7(10(14)15)5-13-16-9/h1-2,4-5H,(H,14,15). The molecule has 0 atom stereocenters. The first-order valence-corrected chi connectivity index (χ1v) is 4.27. The Hall–Kier alpha value is -2.68. The summed E-state index contributed by atoms with van der Waals surface area (Å²) in [4.78, 5) is 14.7. The van der Waals surface area contributed by atoms with Crippen LogP contribution in [-0.4, -0.2) is 21.2 Å². The molecule has 0 aromatic carbocycles. The quantitative estimate of drug-likeness (QED) is 0.810. The summed E-state index contributed by atoms with van der Waals surface area (Å²) in [6.45, 7) is 0. The van der Waals surface area contributed by atoms with E-state index in [4.69, 9.17) is 14.9 Å². The maximum Gasteiger partial charge on any atom is 0.341 e. The number of aromatic nitrogens is 2. The van der Waals surface area contributed by atoms with Crippen LogP contribution in [0.4, 0.5) is 0 Å². The van der Waals surface area contributed by atoms with Crippen molar-refractivity contribution >= 4 is 5.97 Å². The highest BCUT2D eigenvalue weighted by molar-refractivity contribution is 5.93. The number of nitriles is 1. The van der Waals surface area contributed by atoms with Crippen LogP contribution in [0.15, 0.2) is 29.0 Å². The van der Waals surface area contributed by atoms with Gasteiger partial charge in [0.2, 0.25) is 0 Å². The van der Waals surface area contributed by atoms with Crippen LogP contribution in [0.2, 0.25) is 0 Å². The largest absolute Gasteiger partial charge is 0.477 e. The molecule has 78 valence electrons. The second-order valence-corrected chi connectivity index (χ2v) is 2.92. The highest BCUT2D eigenvalue weighted by atomic mass is 16.5. The highest BCUT2D eigenvalue weighted by Gasteiger charge is 2.17. The number of pyridine rings is 1. The molecule has 0 spiro atoms. The van der Waals surface area contributed by atoms with Crippen molar-refractivity contribution in [3.8, 4) is 17.5 Å². The number of carboxylic acid groups (broad SMARTS) is 1. The Morgan fingerprint density at radius 1 is 1.44 bits per heavy atom. The van der Waals surface area contributed by atoms with E-state index in [9.17, 15) is 4.79 Å². The van der Waals surface area contributed by atoms with Gasteiger partial charge in [0.15, 0.2) is 5.76 Å². The molecular weight excluding hydrogens is 210 g/mol. The maximum atomic E-state index is 10.8. The lowest BCUT2D eigenvalue weighted by Crippen LogP contribution is -1.96. The molecule has 0 bridgehead atoms. The van der Waals surface area contributed by atoms with Gasteiger partial charge in [0.05, 0.1) is 11.8 Å². The zero-order valence-corrected chi connectivity index (χ0v) is 7.91. The zero-order chi connectivity index (χ0) is 11.5. The molecule has 2 aromatic heterocycles. The third-order valence-corrected chi connectivity index (χ3v) is 1.93. The van der Waals surface area contributed by atoms with Gasteiger partial charge in [-0.3, -0.25) is 4.98 Å². The molecule has 0 amide bonds. The van der Waals surface area contributed by atoms with Crippen LogP contribution >= 0.6 is 0 Å². The number of aromatic carboxylic acids is 1. The Balaban J connectivity index is 2.47. The number of carboxylic acids is 1. The SMILES string of the molecule is N#Cc1ccc(-c2oncc2C(=O)O)nc1. The first-order chi connectivity index (χ1) is 7.72. The van der Waals surface area contributed by atoms with E-state index in [1.807, 2.05) is 6.07 Å². The third kappa shape index (κ3) is 1.62. The zero-order valence-electron chi connectivity index (χ0n) is 7.91. The summed E-state index contributed by atoms with van der Waals surface area (Å²) in [5.41, 5.74) is 0.659.